The number of aromatic nitrogens is 3. The average Bonchev–Trinajstić information content (AvgIpc) is 2.63. The summed E-state index contributed by atoms with van der Waals surface area (Å²) < 4.78 is 1.26. The van der Waals surface area contributed by atoms with Crippen LogP contribution in [0.2, 0.25) is 0 Å². The average molecular weight is 334 g/mol. The van der Waals surface area contributed by atoms with Crippen LogP contribution in [0, 0.1) is 6.92 Å². The zero-order chi connectivity index (χ0) is 17.6. The largest absolute Gasteiger partial charge is 0.351 e. The molecule has 0 fully saturated rings. The zero-order valence-electron chi connectivity index (χ0n) is 13.8. The van der Waals surface area contributed by atoms with E-state index in [1.165, 1.54) is 10.8 Å². The minimum absolute atomic E-state index is 0.213. The highest BCUT2D eigenvalue weighted by molar-refractivity contribution is 5.91. The van der Waals surface area contributed by atoms with Crippen LogP contribution in [0.4, 0.5) is 0 Å². The highest BCUT2D eigenvalue weighted by Crippen LogP contribution is 2.08. The van der Waals surface area contributed by atoms with Gasteiger partial charge in [0.25, 0.3) is 5.56 Å². The first-order valence-corrected chi connectivity index (χ1v) is 7.99. The summed E-state index contributed by atoms with van der Waals surface area (Å²) in [6, 6.07) is 14.9. The molecule has 1 N–H and O–H groups in total. The van der Waals surface area contributed by atoms with E-state index in [1.54, 1.807) is 24.3 Å². The van der Waals surface area contributed by atoms with Gasteiger partial charge in [-0.3, -0.25) is 9.59 Å². The molecule has 6 nitrogen and oxygen atoms in total. The first kappa shape index (κ1) is 16.6. The fourth-order valence-corrected chi connectivity index (χ4v) is 2.45. The smallest absolute Gasteiger partial charge is 0.277 e. The summed E-state index contributed by atoms with van der Waals surface area (Å²) in [5, 5.41) is 11.2. The molecule has 0 aliphatic heterocycles. The molecule has 0 bridgehead atoms. The van der Waals surface area contributed by atoms with Gasteiger partial charge in [-0.15, -0.1) is 5.10 Å². The summed E-state index contributed by atoms with van der Waals surface area (Å²) in [4.78, 5) is 24.2. The maximum absolute atomic E-state index is 12.3. The lowest BCUT2D eigenvalue weighted by atomic mass is 10.1. The standard InChI is InChI=1S/C19H18N4O2/c1-14-6-2-3-7-15(14)10-11-18(24)20-12-13-23-19(25)16-8-4-5-9-17(16)21-22-23/h2-11H,12-13H2,1H3,(H,20,24)/b11-10+. The molecular weight excluding hydrogens is 316 g/mol. The predicted octanol–water partition coefficient (Wildman–Crippen LogP) is 1.93. The zero-order valence-corrected chi connectivity index (χ0v) is 13.8. The third kappa shape index (κ3) is 3.98. The lowest BCUT2D eigenvalue weighted by Gasteiger charge is -2.05. The number of rotatable bonds is 5. The monoisotopic (exact) mass is 334 g/mol. The molecule has 2 aromatic carbocycles. The van der Waals surface area contributed by atoms with Gasteiger partial charge in [0.05, 0.1) is 11.9 Å². The molecule has 6 heteroatoms. The van der Waals surface area contributed by atoms with Crippen molar-refractivity contribution >= 4 is 22.9 Å². The normalized spacial score (nSPS) is 11.1. The van der Waals surface area contributed by atoms with Crippen molar-refractivity contribution < 1.29 is 4.79 Å². The number of hydrogen-bond acceptors (Lipinski definition) is 4. The first-order chi connectivity index (χ1) is 12.1. The Morgan fingerprint density at radius 2 is 1.92 bits per heavy atom. The minimum Gasteiger partial charge on any atom is -0.351 e. The summed E-state index contributed by atoms with van der Waals surface area (Å²) in [7, 11) is 0. The van der Waals surface area contributed by atoms with Gasteiger partial charge in [-0.05, 0) is 36.3 Å². The first-order valence-electron chi connectivity index (χ1n) is 7.99. The second-order valence-corrected chi connectivity index (χ2v) is 5.62. The summed E-state index contributed by atoms with van der Waals surface area (Å²) in [5.41, 5.74) is 2.45. The minimum atomic E-state index is -0.218. The molecule has 0 aliphatic rings. The number of benzene rings is 2. The van der Waals surface area contributed by atoms with Gasteiger partial charge in [-0.25, -0.2) is 4.68 Å². The lowest BCUT2D eigenvalue weighted by Crippen LogP contribution is -2.31. The van der Waals surface area contributed by atoms with Crippen molar-refractivity contribution in [1.29, 1.82) is 0 Å². The second kappa shape index (κ2) is 7.53. The van der Waals surface area contributed by atoms with Crippen molar-refractivity contribution in [2.45, 2.75) is 13.5 Å². The molecule has 1 aromatic heterocycles. The molecule has 0 unspecified atom stereocenters. The summed E-state index contributed by atoms with van der Waals surface area (Å²) in [6.07, 6.45) is 3.25. The van der Waals surface area contributed by atoms with E-state index in [4.69, 9.17) is 0 Å². The van der Waals surface area contributed by atoms with Crippen LogP contribution in [0.3, 0.4) is 0 Å². The molecule has 0 aliphatic carbocycles. The van der Waals surface area contributed by atoms with E-state index in [0.29, 0.717) is 17.4 Å². The Kier molecular flexibility index (Phi) is 4.99. The van der Waals surface area contributed by atoms with Crippen molar-refractivity contribution in [2.24, 2.45) is 0 Å². The molecule has 0 radical (unpaired) electrons. The molecule has 1 heterocycles. The Hall–Kier alpha value is -3.28. The third-order valence-corrected chi connectivity index (χ3v) is 3.85. The number of nitrogens with one attached hydrogen (secondary N) is 1. The molecule has 0 saturated heterocycles. The van der Waals surface area contributed by atoms with E-state index in [2.05, 4.69) is 15.6 Å². The molecule has 0 saturated carbocycles. The van der Waals surface area contributed by atoms with Crippen LogP contribution in [0.25, 0.3) is 17.0 Å². The van der Waals surface area contributed by atoms with Crippen LogP contribution >= 0.6 is 0 Å². The van der Waals surface area contributed by atoms with Crippen molar-refractivity contribution in [1.82, 2.24) is 20.3 Å². The number of hydrogen-bond donors (Lipinski definition) is 1. The number of carbonyl (C=O) groups is 1. The molecule has 0 atom stereocenters. The number of amides is 1. The molecule has 1 amide bonds. The molecular formula is C19H18N4O2. The Morgan fingerprint density at radius 1 is 1.16 bits per heavy atom. The van der Waals surface area contributed by atoms with Gasteiger partial charge in [0.1, 0.15) is 5.52 Å². The van der Waals surface area contributed by atoms with Gasteiger partial charge in [0, 0.05) is 12.6 Å². The fraction of sp³-hybridized carbons (Fsp3) is 0.158. The van der Waals surface area contributed by atoms with Crippen molar-refractivity contribution in [3.05, 3.63) is 76.1 Å². The van der Waals surface area contributed by atoms with E-state index in [0.717, 1.165) is 11.1 Å². The van der Waals surface area contributed by atoms with Crippen molar-refractivity contribution in [3.8, 4) is 0 Å². The summed E-state index contributed by atoms with van der Waals surface area (Å²) in [6.45, 7) is 2.55. The quantitative estimate of drug-likeness (QED) is 0.723. The number of nitrogens with zero attached hydrogens (tertiary/aromatic N) is 3. The fourth-order valence-electron chi connectivity index (χ4n) is 2.45. The van der Waals surface area contributed by atoms with Gasteiger partial charge >= 0.3 is 0 Å². The lowest BCUT2D eigenvalue weighted by molar-refractivity contribution is -0.116. The van der Waals surface area contributed by atoms with Gasteiger partial charge in [0.15, 0.2) is 0 Å². The van der Waals surface area contributed by atoms with E-state index < -0.39 is 0 Å². The molecule has 3 aromatic rings. The van der Waals surface area contributed by atoms with Crippen LogP contribution < -0.4 is 10.9 Å². The van der Waals surface area contributed by atoms with Crippen LogP contribution in [-0.4, -0.2) is 27.4 Å². The van der Waals surface area contributed by atoms with E-state index in [9.17, 15) is 9.59 Å². The maximum Gasteiger partial charge on any atom is 0.277 e. The van der Waals surface area contributed by atoms with Crippen LogP contribution in [0.5, 0.6) is 0 Å². The van der Waals surface area contributed by atoms with Crippen LogP contribution in [-0.2, 0) is 11.3 Å². The maximum atomic E-state index is 12.3. The Morgan fingerprint density at radius 3 is 2.76 bits per heavy atom. The predicted molar refractivity (Wildman–Crippen MR) is 97.0 cm³/mol. The van der Waals surface area contributed by atoms with Gasteiger partial charge in [-0.1, -0.05) is 41.6 Å². The van der Waals surface area contributed by atoms with Crippen molar-refractivity contribution in [2.75, 3.05) is 6.54 Å². The third-order valence-electron chi connectivity index (χ3n) is 3.85. The van der Waals surface area contributed by atoms with Crippen molar-refractivity contribution in [3.63, 3.8) is 0 Å². The Bertz CT molecular complexity index is 992. The molecule has 126 valence electrons. The number of carbonyl (C=O) groups excluding carboxylic acids is 1. The highest BCUT2D eigenvalue weighted by atomic mass is 16.1. The van der Waals surface area contributed by atoms with Gasteiger partial charge in [-0.2, -0.15) is 0 Å². The highest BCUT2D eigenvalue weighted by Gasteiger charge is 2.05. The second-order valence-electron chi connectivity index (χ2n) is 5.62. The van der Waals surface area contributed by atoms with E-state index >= 15 is 0 Å². The Balaban J connectivity index is 1.60. The number of aryl methyl sites for hydroxylation is 1. The summed E-state index contributed by atoms with van der Waals surface area (Å²) >= 11 is 0. The molecule has 0 spiro atoms. The topological polar surface area (TPSA) is 76.9 Å². The van der Waals surface area contributed by atoms with Crippen LogP contribution in [0.1, 0.15) is 11.1 Å². The Labute approximate surface area is 144 Å². The van der Waals surface area contributed by atoms with E-state index in [-0.39, 0.29) is 18.0 Å². The molecule has 3 rings (SSSR count). The summed E-state index contributed by atoms with van der Waals surface area (Å²) in [5.74, 6) is -0.218. The molecule has 25 heavy (non-hydrogen) atoms. The SMILES string of the molecule is Cc1ccccc1/C=C/C(=O)NCCn1nnc2ccccc2c1=O. The van der Waals surface area contributed by atoms with E-state index in [1.807, 2.05) is 37.3 Å². The van der Waals surface area contributed by atoms with Gasteiger partial charge < -0.3 is 5.32 Å². The van der Waals surface area contributed by atoms with Crippen LogP contribution in [0.15, 0.2) is 59.4 Å². The van der Waals surface area contributed by atoms with Gasteiger partial charge in [0.2, 0.25) is 5.91 Å². The number of fused-ring (bicyclic) bond motifs is 1.